The highest BCUT2D eigenvalue weighted by Crippen LogP contribution is 2.16. The molecule has 19 heavy (non-hydrogen) atoms. The summed E-state index contributed by atoms with van der Waals surface area (Å²) in [6.07, 6.45) is 3.93. The Morgan fingerprint density at radius 2 is 1.89 bits per heavy atom. The van der Waals surface area contributed by atoms with Crippen molar-refractivity contribution in [2.45, 2.75) is 53.4 Å². The SMILES string of the molecule is CCCCSCCNC(=O)C(CC)CC(C)C(C)=O. The van der Waals surface area contributed by atoms with Gasteiger partial charge in [0.15, 0.2) is 0 Å². The third kappa shape index (κ3) is 9.09. The van der Waals surface area contributed by atoms with Gasteiger partial charge in [-0.15, -0.1) is 0 Å². The van der Waals surface area contributed by atoms with E-state index >= 15 is 0 Å². The molecule has 0 rings (SSSR count). The Labute approximate surface area is 122 Å². The molecule has 0 aromatic carbocycles. The number of unbranched alkanes of at least 4 members (excludes halogenated alkanes) is 1. The molecule has 0 aliphatic carbocycles. The Hall–Kier alpha value is -0.510. The lowest BCUT2D eigenvalue weighted by Gasteiger charge is -2.17. The van der Waals surface area contributed by atoms with Crippen molar-refractivity contribution in [1.82, 2.24) is 5.32 Å². The monoisotopic (exact) mass is 287 g/mol. The van der Waals surface area contributed by atoms with Gasteiger partial charge in [0.1, 0.15) is 5.78 Å². The van der Waals surface area contributed by atoms with E-state index in [1.54, 1.807) is 6.92 Å². The van der Waals surface area contributed by atoms with Gasteiger partial charge >= 0.3 is 0 Å². The van der Waals surface area contributed by atoms with Crippen molar-refractivity contribution >= 4 is 23.5 Å². The van der Waals surface area contributed by atoms with E-state index in [2.05, 4.69) is 12.2 Å². The van der Waals surface area contributed by atoms with E-state index in [9.17, 15) is 9.59 Å². The van der Waals surface area contributed by atoms with E-state index in [0.717, 1.165) is 18.7 Å². The maximum atomic E-state index is 12.0. The summed E-state index contributed by atoms with van der Waals surface area (Å²) in [5, 5.41) is 2.98. The maximum Gasteiger partial charge on any atom is 0.223 e. The molecule has 3 nitrogen and oxygen atoms in total. The van der Waals surface area contributed by atoms with E-state index in [1.165, 1.54) is 18.6 Å². The number of hydrogen-bond acceptors (Lipinski definition) is 3. The number of nitrogens with one attached hydrogen (secondary N) is 1. The molecule has 4 heteroatoms. The minimum atomic E-state index is -0.0282. The van der Waals surface area contributed by atoms with Crippen molar-refractivity contribution in [3.05, 3.63) is 0 Å². The summed E-state index contributed by atoms with van der Waals surface area (Å²) < 4.78 is 0. The van der Waals surface area contributed by atoms with E-state index in [4.69, 9.17) is 0 Å². The van der Waals surface area contributed by atoms with Gasteiger partial charge in [-0.25, -0.2) is 0 Å². The first-order chi connectivity index (χ1) is 9.02. The van der Waals surface area contributed by atoms with Crippen LogP contribution in [0.3, 0.4) is 0 Å². The van der Waals surface area contributed by atoms with Crippen LogP contribution < -0.4 is 5.32 Å². The molecule has 2 atom stereocenters. The van der Waals surface area contributed by atoms with Crippen molar-refractivity contribution in [1.29, 1.82) is 0 Å². The zero-order valence-corrected chi connectivity index (χ0v) is 13.6. The number of hydrogen-bond donors (Lipinski definition) is 1. The number of thioether (sulfide) groups is 1. The lowest BCUT2D eigenvalue weighted by Crippen LogP contribution is -2.33. The molecule has 0 saturated carbocycles. The number of carbonyl (C=O) groups excluding carboxylic acids is 2. The number of ketones is 1. The lowest BCUT2D eigenvalue weighted by atomic mass is 9.91. The van der Waals surface area contributed by atoms with Gasteiger partial charge in [0, 0.05) is 24.1 Å². The molecule has 0 aliphatic heterocycles. The number of carbonyl (C=O) groups is 2. The molecule has 1 amide bonds. The summed E-state index contributed by atoms with van der Waals surface area (Å²) in [6, 6.07) is 0. The predicted molar refractivity (Wildman–Crippen MR) is 83.5 cm³/mol. The first-order valence-corrected chi connectivity index (χ1v) is 8.54. The first kappa shape index (κ1) is 18.5. The van der Waals surface area contributed by atoms with Crippen LogP contribution in [0.25, 0.3) is 0 Å². The fraction of sp³-hybridized carbons (Fsp3) is 0.867. The van der Waals surface area contributed by atoms with E-state index in [-0.39, 0.29) is 23.5 Å². The second kappa shape index (κ2) is 11.3. The molecule has 0 spiro atoms. The molecule has 0 aliphatic rings. The van der Waals surface area contributed by atoms with Crippen LogP contribution in [0.15, 0.2) is 0 Å². The second-order valence-corrected chi connectivity index (χ2v) is 6.33. The van der Waals surface area contributed by atoms with Crippen LogP contribution in [-0.4, -0.2) is 29.7 Å². The zero-order chi connectivity index (χ0) is 14.7. The van der Waals surface area contributed by atoms with Gasteiger partial charge in [0.25, 0.3) is 0 Å². The van der Waals surface area contributed by atoms with Gasteiger partial charge < -0.3 is 5.32 Å². The molecule has 1 N–H and O–H groups in total. The van der Waals surface area contributed by atoms with Crippen LogP contribution in [0.1, 0.15) is 53.4 Å². The maximum absolute atomic E-state index is 12.0. The molecule has 0 radical (unpaired) electrons. The minimum absolute atomic E-state index is 0.0189. The highest BCUT2D eigenvalue weighted by Gasteiger charge is 2.20. The average Bonchev–Trinajstić information content (AvgIpc) is 2.39. The molecule has 0 saturated heterocycles. The van der Waals surface area contributed by atoms with Crippen LogP contribution in [0.5, 0.6) is 0 Å². The number of rotatable bonds is 11. The molecular weight excluding hydrogens is 258 g/mol. The Morgan fingerprint density at radius 3 is 2.42 bits per heavy atom. The Bertz CT molecular complexity index is 269. The smallest absolute Gasteiger partial charge is 0.223 e. The van der Waals surface area contributed by atoms with Crippen molar-refractivity contribution in [2.75, 3.05) is 18.1 Å². The van der Waals surface area contributed by atoms with Crippen molar-refractivity contribution in [2.24, 2.45) is 11.8 Å². The van der Waals surface area contributed by atoms with Crippen LogP contribution >= 0.6 is 11.8 Å². The molecule has 112 valence electrons. The van der Waals surface area contributed by atoms with Gasteiger partial charge in [-0.2, -0.15) is 11.8 Å². The average molecular weight is 287 g/mol. The third-order valence-corrected chi connectivity index (χ3v) is 4.45. The summed E-state index contributed by atoms with van der Waals surface area (Å²) >= 11 is 1.89. The lowest BCUT2D eigenvalue weighted by molar-refractivity contribution is -0.126. The Kier molecular flexibility index (Phi) is 11.0. The van der Waals surface area contributed by atoms with Crippen LogP contribution in [-0.2, 0) is 9.59 Å². The van der Waals surface area contributed by atoms with Crippen LogP contribution in [0, 0.1) is 11.8 Å². The Morgan fingerprint density at radius 1 is 1.21 bits per heavy atom. The predicted octanol–water partition coefficient (Wildman–Crippen LogP) is 3.28. The fourth-order valence-electron chi connectivity index (χ4n) is 1.79. The molecule has 0 bridgehead atoms. The third-order valence-electron chi connectivity index (χ3n) is 3.38. The van der Waals surface area contributed by atoms with Crippen LogP contribution in [0.4, 0.5) is 0 Å². The number of amides is 1. The highest BCUT2D eigenvalue weighted by atomic mass is 32.2. The largest absolute Gasteiger partial charge is 0.355 e. The second-order valence-electron chi connectivity index (χ2n) is 5.11. The summed E-state index contributed by atoms with van der Waals surface area (Å²) in [4.78, 5) is 23.2. The standard InChI is InChI=1S/C15H29NO2S/c1-5-7-9-19-10-8-16-15(18)14(6-2)11-12(3)13(4)17/h12,14H,5-11H2,1-4H3,(H,16,18). The van der Waals surface area contributed by atoms with Gasteiger partial charge in [0.05, 0.1) is 0 Å². The van der Waals surface area contributed by atoms with Gasteiger partial charge in [-0.05, 0) is 31.9 Å². The van der Waals surface area contributed by atoms with Crippen LogP contribution in [0.2, 0.25) is 0 Å². The van der Waals surface area contributed by atoms with E-state index in [1.807, 2.05) is 25.6 Å². The van der Waals surface area contributed by atoms with Gasteiger partial charge in [0.2, 0.25) is 5.91 Å². The van der Waals surface area contributed by atoms with E-state index < -0.39 is 0 Å². The first-order valence-electron chi connectivity index (χ1n) is 7.38. The Balaban J connectivity index is 3.85. The quantitative estimate of drug-likeness (QED) is 0.593. The molecule has 0 heterocycles. The summed E-state index contributed by atoms with van der Waals surface area (Å²) in [5.74, 6) is 2.37. The number of Topliss-reactive ketones (excluding diaryl/α,β-unsaturated/α-hetero) is 1. The minimum Gasteiger partial charge on any atom is -0.355 e. The van der Waals surface area contributed by atoms with Crippen molar-refractivity contribution in [3.8, 4) is 0 Å². The normalized spacial score (nSPS) is 13.9. The zero-order valence-electron chi connectivity index (χ0n) is 12.8. The molecule has 0 aromatic rings. The summed E-state index contributed by atoms with van der Waals surface area (Å²) in [7, 11) is 0. The van der Waals surface area contributed by atoms with Gasteiger partial charge in [-0.1, -0.05) is 27.2 Å². The summed E-state index contributed by atoms with van der Waals surface area (Å²) in [5.41, 5.74) is 0. The molecular formula is C15H29NO2S. The topological polar surface area (TPSA) is 46.2 Å². The van der Waals surface area contributed by atoms with E-state index in [0.29, 0.717) is 6.42 Å². The van der Waals surface area contributed by atoms with Gasteiger partial charge in [-0.3, -0.25) is 9.59 Å². The van der Waals surface area contributed by atoms with Crippen molar-refractivity contribution in [3.63, 3.8) is 0 Å². The van der Waals surface area contributed by atoms with Crippen molar-refractivity contribution < 1.29 is 9.59 Å². The highest BCUT2D eigenvalue weighted by molar-refractivity contribution is 7.99. The molecule has 0 fully saturated rings. The molecule has 2 unspecified atom stereocenters. The molecule has 0 aromatic heterocycles. The summed E-state index contributed by atoms with van der Waals surface area (Å²) in [6.45, 7) is 8.42. The fourth-order valence-corrected chi connectivity index (χ4v) is 2.73.